The zero-order valence-corrected chi connectivity index (χ0v) is 20.1. The van der Waals surface area contributed by atoms with Gasteiger partial charge in [-0.05, 0) is 43.7 Å². The van der Waals surface area contributed by atoms with E-state index >= 15 is 4.39 Å². The fourth-order valence-corrected chi connectivity index (χ4v) is 4.34. The molecular weight excluding hydrogens is 484 g/mol. The third kappa shape index (κ3) is 4.40. The number of nitrogens with zero attached hydrogens (tertiary/aromatic N) is 5. The molecule has 0 N–H and O–H groups in total. The maximum Gasteiger partial charge on any atom is 0.197 e. The predicted molar refractivity (Wildman–Crippen MR) is 129 cm³/mol. The van der Waals surface area contributed by atoms with E-state index in [2.05, 4.69) is 20.3 Å². The van der Waals surface area contributed by atoms with Crippen molar-refractivity contribution in [3.63, 3.8) is 0 Å². The van der Waals surface area contributed by atoms with Crippen LogP contribution in [0.1, 0.15) is 24.0 Å². The number of alkyl halides is 1. The average Bonchev–Trinajstić information content (AvgIpc) is 3.54. The van der Waals surface area contributed by atoms with Gasteiger partial charge in [-0.1, -0.05) is 11.2 Å². The number of halogens is 2. The van der Waals surface area contributed by atoms with E-state index < -0.39 is 11.5 Å². The Hall–Kier alpha value is -3.96. The van der Waals surface area contributed by atoms with Crippen molar-refractivity contribution in [2.75, 3.05) is 26.4 Å². The zero-order valence-electron chi connectivity index (χ0n) is 20.1. The van der Waals surface area contributed by atoms with Crippen LogP contribution in [-0.4, -0.2) is 57.3 Å². The summed E-state index contributed by atoms with van der Waals surface area (Å²) in [6.45, 7) is 5.01. The number of ether oxygens (including phenoxy) is 3. The number of aryl methyl sites for hydroxylation is 1. The monoisotopic (exact) mass is 507 g/mol. The maximum atomic E-state index is 16.4. The molecule has 37 heavy (non-hydrogen) atoms. The summed E-state index contributed by atoms with van der Waals surface area (Å²) in [7, 11) is 0. The summed E-state index contributed by atoms with van der Waals surface area (Å²) in [5, 5.41) is 12.4. The molecule has 2 unspecified atom stereocenters. The largest absolute Gasteiger partial charge is 0.489 e. The van der Waals surface area contributed by atoms with Gasteiger partial charge in [-0.15, -0.1) is 10.2 Å². The van der Waals surface area contributed by atoms with E-state index in [1.807, 2.05) is 0 Å². The molecule has 11 heteroatoms. The Kier molecular flexibility index (Phi) is 5.81. The summed E-state index contributed by atoms with van der Waals surface area (Å²) in [6, 6.07) is 9.74. The number of hydrogen-bond acceptors (Lipinski definition) is 8. The molecule has 0 amide bonds. The molecule has 4 aromatic heterocycles. The molecule has 0 saturated carbocycles. The van der Waals surface area contributed by atoms with E-state index in [4.69, 9.17) is 18.7 Å². The Balaban J connectivity index is 1.34. The van der Waals surface area contributed by atoms with Gasteiger partial charge in [0, 0.05) is 23.2 Å². The van der Waals surface area contributed by atoms with Crippen LogP contribution in [0.4, 0.5) is 8.78 Å². The van der Waals surface area contributed by atoms with Crippen LogP contribution in [0.15, 0.2) is 53.3 Å². The Labute approximate surface area is 210 Å². The Bertz CT molecular complexity index is 1590. The van der Waals surface area contributed by atoms with Crippen LogP contribution >= 0.6 is 0 Å². The van der Waals surface area contributed by atoms with Gasteiger partial charge in [0.25, 0.3) is 0 Å². The fourth-order valence-electron chi connectivity index (χ4n) is 4.34. The number of rotatable bonds is 6. The summed E-state index contributed by atoms with van der Waals surface area (Å²) in [5.41, 5.74) is -0.198. The lowest BCUT2D eigenvalue weighted by Crippen LogP contribution is -2.33. The number of pyridine rings is 2. The standard InChI is InChI=1S/C26H23F2N5O4/c1-15-7-23(37-32-15)17-10-21(27)24-30-31-25(33(24)12-17)26(2,28)18-3-4-22-16(8-18)9-19(11-29-22)36-14-20-13-34-5-6-35-20/h3-4,7-12,20H,5-6,13-14H2,1-2H3. The highest BCUT2D eigenvalue weighted by atomic mass is 19.1. The number of benzene rings is 1. The number of hydrogen-bond donors (Lipinski definition) is 0. The van der Waals surface area contributed by atoms with Gasteiger partial charge in [0.1, 0.15) is 18.5 Å². The van der Waals surface area contributed by atoms with Crippen LogP contribution in [0.5, 0.6) is 5.75 Å². The van der Waals surface area contributed by atoms with E-state index in [1.165, 1.54) is 23.6 Å². The highest BCUT2D eigenvalue weighted by molar-refractivity contribution is 5.80. The Morgan fingerprint density at radius 1 is 1.16 bits per heavy atom. The Morgan fingerprint density at radius 2 is 2.05 bits per heavy atom. The highest BCUT2D eigenvalue weighted by Gasteiger charge is 2.35. The van der Waals surface area contributed by atoms with Crippen molar-refractivity contribution in [3.8, 4) is 17.1 Å². The van der Waals surface area contributed by atoms with Gasteiger partial charge in [0.05, 0.1) is 37.2 Å². The molecule has 2 atom stereocenters. The normalized spacial score (nSPS) is 17.8. The van der Waals surface area contributed by atoms with Crippen LogP contribution < -0.4 is 4.74 Å². The second-order valence-electron chi connectivity index (χ2n) is 9.09. The molecule has 0 spiro atoms. The van der Waals surface area contributed by atoms with Gasteiger partial charge in [-0.25, -0.2) is 8.78 Å². The minimum atomic E-state index is -2.11. The second kappa shape index (κ2) is 9.16. The first kappa shape index (κ1) is 23.4. The second-order valence-corrected chi connectivity index (χ2v) is 9.09. The first-order chi connectivity index (χ1) is 17.9. The molecule has 0 aliphatic carbocycles. The lowest BCUT2D eigenvalue weighted by Gasteiger charge is -2.23. The van der Waals surface area contributed by atoms with Crippen molar-refractivity contribution in [2.24, 2.45) is 0 Å². The van der Waals surface area contributed by atoms with Crippen molar-refractivity contribution < 1.29 is 27.5 Å². The molecule has 5 heterocycles. The van der Waals surface area contributed by atoms with Gasteiger partial charge in [-0.3, -0.25) is 9.38 Å². The molecule has 6 rings (SSSR count). The average molecular weight is 507 g/mol. The first-order valence-corrected chi connectivity index (χ1v) is 11.8. The number of fused-ring (bicyclic) bond motifs is 2. The summed E-state index contributed by atoms with van der Waals surface area (Å²) in [6.07, 6.45) is 3.00. The first-order valence-electron chi connectivity index (χ1n) is 11.8. The van der Waals surface area contributed by atoms with E-state index in [9.17, 15) is 4.39 Å². The molecule has 1 saturated heterocycles. The van der Waals surface area contributed by atoms with Crippen molar-refractivity contribution in [2.45, 2.75) is 25.6 Å². The molecule has 5 aromatic rings. The Morgan fingerprint density at radius 3 is 2.84 bits per heavy atom. The smallest absolute Gasteiger partial charge is 0.197 e. The lowest BCUT2D eigenvalue weighted by molar-refractivity contribution is -0.101. The molecule has 0 radical (unpaired) electrons. The van der Waals surface area contributed by atoms with E-state index in [-0.39, 0.29) is 17.6 Å². The predicted octanol–water partition coefficient (Wildman–Crippen LogP) is 4.41. The van der Waals surface area contributed by atoms with Gasteiger partial charge in [0.15, 0.2) is 28.7 Å². The molecule has 1 aliphatic heterocycles. The van der Waals surface area contributed by atoms with Crippen molar-refractivity contribution in [3.05, 3.63) is 71.7 Å². The van der Waals surface area contributed by atoms with Crippen LogP contribution in [0, 0.1) is 12.7 Å². The van der Waals surface area contributed by atoms with Crippen molar-refractivity contribution >= 4 is 16.6 Å². The molecule has 9 nitrogen and oxygen atoms in total. The molecule has 1 fully saturated rings. The van der Waals surface area contributed by atoms with Crippen LogP contribution in [0.3, 0.4) is 0 Å². The van der Waals surface area contributed by atoms with Gasteiger partial charge < -0.3 is 18.7 Å². The molecule has 0 bridgehead atoms. The SMILES string of the molecule is Cc1cc(-c2cc(F)c3nnc(C(C)(F)c4ccc5ncc(OCC6COCCO6)cc5c4)n3c2)on1. The topological polar surface area (TPSA) is 96.8 Å². The summed E-state index contributed by atoms with van der Waals surface area (Å²) < 4.78 is 54.7. The third-order valence-corrected chi connectivity index (χ3v) is 6.31. The van der Waals surface area contributed by atoms with Gasteiger partial charge in [-0.2, -0.15) is 0 Å². The molecule has 1 aliphatic rings. The van der Waals surface area contributed by atoms with E-state index in [1.54, 1.807) is 43.5 Å². The summed E-state index contributed by atoms with van der Waals surface area (Å²) in [5.74, 6) is 0.154. The quantitative estimate of drug-likeness (QED) is 0.334. The zero-order chi connectivity index (χ0) is 25.6. The fraction of sp³-hybridized carbons (Fsp3) is 0.308. The van der Waals surface area contributed by atoms with Gasteiger partial charge in [0.2, 0.25) is 0 Å². The minimum absolute atomic E-state index is 0.0753. The lowest BCUT2D eigenvalue weighted by atomic mass is 9.95. The third-order valence-electron chi connectivity index (χ3n) is 6.31. The van der Waals surface area contributed by atoms with E-state index in [0.29, 0.717) is 65.7 Å². The highest BCUT2D eigenvalue weighted by Crippen LogP contribution is 2.35. The molecular formula is C26H23F2N5O4. The van der Waals surface area contributed by atoms with Gasteiger partial charge >= 0.3 is 0 Å². The number of aromatic nitrogens is 5. The summed E-state index contributed by atoms with van der Waals surface area (Å²) >= 11 is 0. The van der Waals surface area contributed by atoms with Crippen molar-refractivity contribution in [1.82, 2.24) is 24.7 Å². The minimum Gasteiger partial charge on any atom is -0.489 e. The van der Waals surface area contributed by atoms with E-state index in [0.717, 1.165) is 0 Å². The molecule has 190 valence electrons. The molecule has 1 aromatic carbocycles. The van der Waals surface area contributed by atoms with Crippen LogP contribution in [-0.2, 0) is 15.1 Å². The van der Waals surface area contributed by atoms with Crippen LogP contribution in [0.2, 0.25) is 0 Å². The van der Waals surface area contributed by atoms with Crippen molar-refractivity contribution in [1.29, 1.82) is 0 Å². The van der Waals surface area contributed by atoms with Crippen LogP contribution in [0.25, 0.3) is 27.9 Å². The summed E-state index contributed by atoms with van der Waals surface area (Å²) in [4.78, 5) is 4.42. The maximum absolute atomic E-state index is 16.4.